The number of nitrogens with zero attached hydrogens (tertiary/aromatic N) is 2. The van der Waals surface area contributed by atoms with E-state index in [0.29, 0.717) is 24.8 Å². The molecule has 0 aromatic heterocycles. The summed E-state index contributed by atoms with van der Waals surface area (Å²) in [6.45, 7) is 23.1. The van der Waals surface area contributed by atoms with E-state index >= 15 is 0 Å². The highest BCUT2D eigenvalue weighted by Gasteiger charge is 2.68. The summed E-state index contributed by atoms with van der Waals surface area (Å²) in [5.41, 5.74) is 1.92. The largest absolute Gasteiger partial charge is 0.482 e. The lowest BCUT2D eigenvalue weighted by atomic mass is 9.43. The van der Waals surface area contributed by atoms with Crippen molar-refractivity contribution < 1.29 is 23.6 Å². The van der Waals surface area contributed by atoms with Crippen LogP contribution >= 0.6 is 0 Å². The minimum Gasteiger partial charge on any atom is -0.447 e. The number of carbonyl (C=O) groups is 2. The van der Waals surface area contributed by atoms with Gasteiger partial charge in [0.05, 0.1) is 30.3 Å². The molecule has 2 saturated heterocycles. The number of nitrogens with one attached hydrogen (secondary N) is 1. The van der Waals surface area contributed by atoms with Crippen molar-refractivity contribution in [3.8, 4) is 0 Å². The first kappa shape index (κ1) is 32.6. The van der Waals surface area contributed by atoms with Crippen LogP contribution in [0.3, 0.4) is 0 Å². The molecule has 6 rings (SSSR count). The predicted octanol–water partition coefficient (Wildman–Crippen LogP) is 6.52. The predicted molar refractivity (Wildman–Crippen MR) is 171 cm³/mol. The van der Waals surface area contributed by atoms with Crippen molar-refractivity contribution in [2.24, 2.45) is 22.7 Å². The molecule has 238 valence electrons. The van der Waals surface area contributed by atoms with Crippen molar-refractivity contribution in [1.82, 2.24) is 10.2 Å². The molecule has 2 bridgehead atoms. The third kappa shape index (κ3) is 6.72. The highest BCUT2D eigenvalue weighted by Crippen LogP contribution is 2.65. The number of likely N-dealkylation sites (tertiary alicyclic amines) is 1. The van der Waals surface area contributed by atoms with Gasteiger partial charge in [0.25, 0.3) is 5.91 Å². The Morgan fingerprint density at radius 1 is 1.18 bits per heavy atom. The molecule has 1 aromatic rings. The summed E-state index contributed by atoms with van der Waals surface area (Å²) >= 11 is 0. The molecule has 2 heterocycles. The summed E-state index contributed by atoms with van der Waals surface area (Å²) in [5, 5.41) is 3.09. The summed E-state index contributed by atoms with van der Waals surface area (Å²) in [7, 11) is -0.589. The average molecular weight is 604 g/mol. The fourth-order valence-corrected chi connectivity index (χ4v) is 7.95. The first-order valence-corrected chi connectivity index (χ1v) is 16.4. The van der Waals surface area contributed by atoms with Gasteiger partial charge in [-0.25, -0.2) is 9.64 Å². The molecule has 0 radical (unpaired) electrons. The maximum atomic E-state index is 13.5. The second-order valence-corrected chi connectivity index (χ2v) is 15.4. The van der Waals surface area contributed by atoms with E-state index in [1.807, 2.05) is 20.8 Å². The summed E-state index contributed by atoms with van der Waals surface area (Å²) in [6.07, 6.45) is 7.38. The average Bonchev–Trinajstić information content (AvgIpc) is 3.15. The molecule has 0 unspecified atom stereocenters. The fourth-order valence-electron chi connectivity index (χ4n) is 7.95. The lowest BCUT2D eigenvalue weighted by molar-refractivity contribution is -0.199. The summed E-state index contributed by atoms with van der Waals surface area (Å²) in [6, 6.07) is 8.01. The van der Waals surface area contributed by atoms with Gasteiger partial charge in [0.15, 0.2) is 0 Å². The molecule has 5 aliphatic rings. The summed E-state index contributed by atoms with van der Waals surface area (Å²) in [4.78, 5) is 32.2. The molecule has 2 aliphatic heterocycles. The topological polar surface area (TPSA) is 81.5 Å². The van der Waals surface area contributed by atoms with Gasteiger partial charge in [0.2, 0.25) is 5.70 Å². The van der Waals surface area contributed by atoms with E-state index < -0.39 is 19.2 Å². The molecule has 0 spiro atoms. The number of amides is 2. The van der Waals surface area contributed by atoms with Crippen molar-refractivity contribution in [1.29, 1.82) is 0 Å². The number of carbonyl (C=O) groups excluding carboxylic acids is 2. The minimum absolute atomic E-state index is 0.00553. The lowest BCUT2D eigenvalue weighted by Crippen LogP contribution is -2.65. The Balaban J connectivity index is 1.28. The number of rotatable bonds is 7. The van der Waals surface area contributed by atoms with Crippen LogP contribution < -0.4 is 5.32 Å². The maximum absolute atomic E-state index is 13.5. The molecule has 9 heteroatoms. The Labute approximate surface area is 264 Å². The Morgan fingerprint density at radius 3 is 2.57 bits per heavy atom. The van der Waals surface area contributed by atoms with Gasteiger partial charge in [-0.15, -0.1) is 0 Å². The van der Waals surface area contributed by atoms with Gasteiger partial charge < -0.3 is 24.3 Å². The first-order valence-electron chi connectivity index (χ1n) is 16.4. The Hall–Kier alpha value is -2.83. The number of alkyl carbamates (subject to hydrolysis) is 1. The zero-order valence-electron chi connectivity index (χ0n) is 27.7. The first-order chi connectivity index (χ1) is 20.7. The van der Waals surface area contributed by atoms with Crippen LogP contribution in [-0.4, -0.2) is 60.9 Å². The Morgan fingerprint density at radius 2 is 1.91 bits per heavy atom. The van der Waals surface area contributed by atoms with E-state index in [4.69, 9.17) is 20.6 Å². The Bertz CT molecular complexity index is 1300. The third-order valence-electron chi connectivity index (χ3n) is 10.6. The van der Waals surface area contributed by atoms with E-state index in [1.54, 1.807) is 11.0 Å². The van der Waals surface area contributed by atoms with Gasteiger partial charge in [-0.2, -0.15) is 0 Å². The zero-order chi connectivity index (χ0) is 31.9. The van der Waals surface area contributed by atoms with Crippen molar-refractivity contribution >= 4 is 19.1 Å². The van der Waals surface area contributed by atoms with E-state index in [1.165, 1.54) is 5.56 Å². The molecule has 1 aromatic carbocycles. The van der Waals surface area contributed by atoms with Gasteiger partial charge >= 0.3 is 13.2 Å². The van der Waals surface area contributed by atoms with E-state index in [-0.39, 0.29) is 46.8 Å². The fraction of sp³-hybridized carbons (Fsp3) is 0.686. The molecule has 1 N–H and O–H groups in total. The second kappa shape index (κ2) is 12.5. The van der Waals surface area contributed by atoms with Crippen molar-refractivity contribution in [3.05, 3.63) is 58.6 Å². The SMILES string of the molecule is [C-]#[N+]C(=CC(C)(C)C)C(=O)N1CCCCC[C@@H]1COC(=O)N[C@@H](Cc1ccc(C)cc1)B1O[C@@H]2C[C@@H]3C[C@@H](C3(C)C)[C@]2(C)O1. The van der Waals surface area contributed by atoms with Crippen molar-refractivity contribution in [3.63, 3.8) is 0 Å². The number of hydrogen-bond acceptors (Lipinski definition) is 5. The highest BCUT2D eigenvalue weighted by atomic mass is 16.7. The molecule has 44 heavy (non-hydrogen) atoms. The molecule has 2 amide bonds. The van der Waals surface area contributed by atoms with Crippen LogP contribution in [0.2, 0.25) is 0 Å². The summed E-state index contributed by atoms with van der Waals surface area (Å²) < 4.78 is 19.2. The van der Waals surface area contributed by atoms with Gasteiger partial charge in [0.1, 0.15) is 6.61 Å². The van der Waals surface area contributed by atoms with Crippen molar-refractivity contribution in [2.45, 2.75) is 117 Å². The Kier molecular flexibility index (Phi) is 9.27. The van der Waals surface area contributed by atoms with Gasteiger partial charge in [0, 0.05) is 6.54 Å². The molecule has 6 atom stereocenters. The molecular weight excluding hydrogens is 553 g/mol. The van der Waals surface area contributed by atoms with Crippen molar-refractivity contribution in [2.75, 3.05) is 13.2 Å². The molecule has 5 fully saturated rings. The van der Waals surface area contributed by atoms with Crippen LogP contribution in [0.25, 0.3) is 4.85 Å². The minimum atomic E-state index is -0.589. The second-order valence-electron chi connectivity index (χ2n) is 15.4. The monoisotopic (exact) mass is 603 g/mol. The third-order valence-corrected chi connectivity index (χ3v) is 10.6. The van der Waals surface area contributed by atoms with Crippen LogP contribution in [0.5, 0.6) is 0 Å². The molecule has 3 aliphatic carbocycles. The van der Waals surface area contributed by atoms with E-state index in [0.717, 1.165) is 44.1 Å². The standard InChI is InChI=1S/C35H50BN3O5/c1-23-13-15-24(16-14-23)18-30(36-43-29-20-25-19-28(34(25,5)6)35(29,7)44-36)38-32(41)42-22-26-12-10-9-11-17-39(26)31(40)27(37-8)21-33(2,3)4/h13-16,21,25-26,28-30H,9-12,17-20,22H2,1-7H3,(H,38,41)/t25-,26+,28-,29+,30-,35-/m0/s1. The maximum Gasteiger partial charge on any atom is 0.482 e. The van der Waals surface area contributed by atoms with Gasteiger partial charge in [-0.05, 0) is 74.2 Å². The molecular formula is C35H50BN3O5. The van der Waals surface area contributed by atoms with Crippen LogP contribution in [0.1, 0.15) is 91.2 Å². The van der Waals surface area contributed by atoms with Crippen LogP contribution in [0, 0.1) is 36.2 Å². The number of hydrogen-bond donors (Lipinski definition) is 1. The van der Waals surface area contributed by atoms with Crippen LogP contribution in [-0.2, 0) is 25.3 Å². The molecule has 8 nitrogen and oxygen atoms in total. The normalized spacial score (nSPS) is 30.4. The van der Waals surface area contributed by atoms with Crippen LogP contribution in [0.4, 0.5) is 4.79 Å². The molecule has 3 saturated carbocycles. The van der Waals surface area contributed by atoms with E-state index in [9.17, 15) is 9.59 Å². The number of benzene rings is 1. The number of allylic oxidation sites excluding steroid dienone is 1. The van der Waals surface area contributed by atoms with Gasteiger partial charge in [-0.3, -0.25) is 4.79 Å². The van der Waals surface area contributed by atoms with E-state index in [2.05, 4.69) is 62.1 Å². The van der Waals surface area contributed by atoms with Gasteiger partial charge in [-0.1, -0.05) is 83.4 Å². The highest BCUT2D eigenvalue weighted by molar-refractivity contribution is 6.47. The summed E-state index contributed by atoms with van der Waals surface area (Å²) in [5.74, 6) is 0.326. The smallest absolute Gasteiger partial charge is 0.447 e. The zero-order valence-corrected chi connectivity index (χ0v) is 27.7. The van der Waals surface area contributed by atoms with Crippen LogP contribution in [0.15, 0.2) is 36.0 Å². The quantitative estimate of drug-likeness (QED) is 0.218. The number of ether oxygens (including phenoxy) is 1. The number of aryl methyl sites for hydroxylation is 1. The lowest BCUT2D eigenvalue weighted by Gasteiger charge is -2.64.